The predicted octanol–water partition coefficient (Wildman–Crippen LogP) is 3.65. The van der Waals surface area contributed by atoms with E-state index in [1.807, 2.05) is 42.5 Å². The van der Waals surface area contributed by atoms with Gasteiger partial charge in [-0.2, -0.15) is 0 Å². The van der Waals surface area contributed by atoms with Crippen molar-refractivity contribution >= 4 is 18.1 Å². The molecule has 0 saturated heterocycles. The third kappa shape index (κ3) is 6.68. The number of aliphatic carboxylic acids is 1. The number of benzene rings is 2. The molecule has 3 nitrogen and oxygen atoms in total. The number of hydrogen-bond donors (Lipinski definition) is 2. The number of carbonyl (C=O) groups is 1. The molecular formula is C16H16O3. The molecule has 0 aliphatic heterocycles. The van der Waals surface area contributed by atoms with E-state index in [0.29, 0.717) is 5.75 Å². The van der Waals surface area contributed by atoms with Gasteiger partial charge in [-0.05, 0) is 23.3 Å². The highest BCUT2D eigenvalue weighted by Crippen LogP contribution is 2.12. The van der Waals surface area contributed by atoms with Crippen LogP contribution in [0.2, 0.25) is 0 Å². The molecule has 0 heterocycles. The summed E-state index contributed by atoms with van der Waals surface area (Å²) in [5.41, 5.74) is 2.25. The van der Waals surface area contributed by atoms with E-state index < -0.39 is 5.97 Å². The molecule has 2 aromatic rings. The SMILES string of the molecule is CC(=O)O.Oc1ccc(/C=C/c2ccccc2)cc1. The topological polar surface area (TPSA) is 57.5 Å². The second-order valence-corrected chi connectivity index (χ2v) is 3.85. The maximum Gasteiger partial charge on any atom is 0.300 e. The van der Waals surface area contributed by atoms with Crippen LogP contribution in [0.25, 0.3) is 12.2 Å². The Morgan fingerprint density at radius 3 is 1.79 bits per heavy atom. The number of aromatic hydroxyl groups is 1. The second-order valence-electron chi connectivity index (χ2n) is 3.85. The molecule has 2 rings (SSSR count). The minimum atomic E-state index is -0.833. The van der Waals surface area contributed by atoms with Crippen LogP contribution in [0, 0.1) is 0 Å². The first-order valence-electron chi connectivity index (χ1n) is 5.79. The van der Waals surface area contributed by atoms with E-state index >= 15 is 0 Å². The Morgan fingerprint density at radius 2 is 1.32 bits per heavy atom. The lowest BCUT2D eigenvalue weighted by molar-refractivity contribution is -0.134. The zero-order valence-electron chi connectivity index (χ0n) is 10.7. The lowest BCUT2D eigenvalue weighted by Crippen LogP contribution is -1.78. The first-order chi connectivity index (χ1) is 9.08. The van der Waals surface area contributed by atoms with Gasteiger partial charge in [0.05, 0.1) is 0 Å². The van der Waals surface area contributed by atoms with Gasteiger partial charge < -0.3 is 10.2 Å². The van der Waals surface area contributed by atoms with E-state index in [-0.39, 0.29) is 0 Å². The number of rotatable bonds is 2. The molecule has 19 heavy (non-hydrogen) atoms. The molecule has 0 aliphatic rings. The van der Waals surface area contributed by atoms with Gasteiger partial charge in [0.15, 0.2) is 0 Å². The number of phenolic OH excluding ortho intramolecular Hbond substituents is 1. The Hall–Kier alpha value is -2.55. The van der Waals surface area contributed by atoms with Crippen LogP contribution in [0.4, 0.5) is 0 Å². The Morgan fingerprint density at radius 1 is 0.895 bits per heavy atom. The van der Waals surface area contributed by atoms with Crippen LogP contribution in [0.1, 0.15) is 18.1 Å². The van der Waals surface area contributed by atoms with Crippen LogP contribution in [0.5, 0.6) is 5.75 Å². The van der Waals surface area contributed by atoms with Crippen LogP contribution in [0.3, 0.4) is 0 Å². The monoisotopic (exact) mass is 256 g/mol. The minimum Gasteiger partial charge on any atom is -0.508 e. The summed E-state index contributed by atoms with van der Waals surface area (Å²) in [4.78, 5) is 9.00. The summed E-state index contributed by atoms with van der Waals surface area (Å²) in [6, 6.07) is 17.3. The van der Waals surface area contributed by atoms with Gasteiger partial charge in [-0.15, -0.1) is 0 Å². The quantitative estimate of drug-likeness (QED) is 0.806. The maximum atomic E-state index is 9.12. The molecule has 0 amide bonds. The highest BCUT2D eigenvalue weighted by atomic mass is 16.4. The number of carboxylic acid groups (broad SMARTS) is 1. The van der Waals surface area contributed by atoms with E-state index in [9.17, 15) is 0 Å². The van der Waals surface area contributed by atoms with Crippen molar-refractivity contribution in [3.63, 3.8) is 0 Å². The van der Waals surface area contributed by atoms with Gasteiger partial charge in [-0.25, -0.2) is 0 Å². The molecule has 0 aromatic heterocycles. The molecular weight excluding hydrogens is 240 g/mol. The second kappa shape index (κ2) is 7.71. The molecule has 0 radical (unpaired) electrons. The maximum absolute atomic E-state index is 9.12. The molecule has 0 aliphatic carbocycles. The molecule has 0 fully saturated rings. The summed E-state index contributed by atoms with van der Waals surface area (Å²) < 4.78 is 0. The first kappa shape index (κ1) is 14.5. The summed E-state index contributed by atoms with van der Waals surface area (Å²) in [6.07, 6.45) is 4.07. The van der Waals surface area contributed by atoms with E-state index in [4.69, 9.17) is 15.0 Å². The molecule has 2 N–H and O–H groups in total. The van der Waals surface area contributed by atoms with Crippen molar-refractivity contribution in [2.75, 3.05) is 0 Å². The molecule has 0 bridgehead atoms. The molecule has 98 valence electrons. The molecule has 0 atom stereocenters. The summed E-state index contributed by atoms with van der Waals surface area (Å²) >= 11 is 0. The highest BCUT2D eigenvalue weighted by Gasteiger charge is 1.88. The lowest BCUT2D eigenvalue weighted by Gasteiger charge is -1.94. The summed E-state index contributed by atoms with van der Waals surface area (Å²) in [7, 11) is 0. The van der Waals surface area contributed by atoms with Gasteiger partial charge in [0.1, 0.15) is 5.75 Å². The van der Waals surface area contributed by atoms with Crippen LogP contribution in [-0.2, 0) is 4.79 Å². The lowest BCUT2D eigenvalue weighted by atomic mass is 10.1. The summed E-state index contributed by atoms with van der Waals surface area (Å²) in [5.74, 6) is -0.535. The Balaban J connectivity index is 0.000000399. The fraction of sp³-hybridized carbons (Fsp3) is 0.0625. The molecule has 0 spiro atoms. The van der Waals surface area contributed by atoms with Crippen molar-refractivity contribution in [1.29, 1.82) is 0 Å². The average Bonchev–Trinajstić information content (AvgIpc) is 2.39. The molecule has 3 heteroatoms. The molecule has 0 saturated carbocycles. The highest BCUT2D eigenvalue weighted by molar-refractivity contribution is 5.69. The van der Waals surface area contributed by atoms with Crippen LogP contribution in [0.15, 0.2) is 54.6 Å². The van der Waals surface area contributed by atoms with Crippen molar-refractivity contribution in [3.05, 3.63) is 65.7 Å². The summed E-state index contributed by atoms with van der Waals surface area (Å²) in [6.45, 7) is 1.08. The van der Waals surface area contributed by atoms with Crippen molar-refractivity contribution in [1.82, 2.24) is 0 Å². The number of carboxylic acids is 1. The van der Waals surface area contributed by atoms with Gasteiger partial charge in [0.25, 0.3) is 5.97 Å². The number of phenols is 1. The molecule has 2 aromatic carbocycles. The Kier molecular flexibility index (Phi) is 5.89. The minimum absolute atomic E-state index is 0.298. The normalized spacial score (nSPS) is 9.74. The smallest absolute Gasteiger partial charge is 0.300 e. The van der Waals surface area contributed by atoms with Crippen molar-refractivity contribution in [3.8, 4) is 5.75 Å². The van der Waals surface area contributed by atoms with E-state index in [1.165, 1.54) is 5.56 Å². The largest absolute Gasteiger partial charge is 0.508 e. The average molecular weight is 256 g/mol. The predicted molar refractivity (Wildman–Crippen MR) is 76.8 cm³/mol. The zero-order valence-corrected chi connectivity index (χ0v) is 10.7. The fourth-order valence-corrected chi connectivity index (χ4v) is 1.34. The summed E-state index contributed by atoms with van der Waals surface area (Å²) in [5, 5.41) is 16.5. The zero-order chi connectivity index (χ0) is 14.1. The third-order valence-electron chi connectivity index (χ3n) is 2.16. The Bertz CT molecular complexity index is 524. The van der Waals surface area contributed by atoms with Crippen LogP contribution >= 0.6 is 0 Å². The van der Waals surface area contributed by atoms with Crippen molar-refractivity contribution < 1.29 is 15.0 Å². The van der Waals surface area contributed by atoms with Crippen molar-refractivity contribution in [2.45, 2.75) is 6.92 Å². The molecule has 0 unspecified atom stereocenters. The van der Waals surface area contributed by atoms with E-state index in [0.717, 1.165) is 12.5 Å². The van der Waals surface area contributed by atoms with Crippen LogP contribution in [-0.4, -0.2) is 16.2 Å². The van der Waals surface area contributed by atoms with E-state index in [1.54, 1.807) is 12.1 Å². The van der Waals surface area contributed by atoms with Gasteiger partial charge in [0, 0.05) is 6.92 Å². The first-order valence-corrected chi connectivity index (χ1v) is 5.79. The van der Waals surface area contributed by atoms with E-state index in [2.05, 4.69) is 12.1 Å². The third-order valence-corrected chi connectivity index (χ3v) is 2.16. The van der Waals surface area contributed by atoms with Crippen LogP contribution < -0.4 is 0 Å². The van der Waals surface area contributed by atoms with Gasteiger partial charge >= 0.3 is 0 Å². The number of hydrogen-bond acceptors (Lipinski definition) is 2. The van der Waals surface area contributed by atoms with Gasteiger partial charge in [0.2, 0.25) is 0 Å². The van der Waals surface area contributed by atoms with Gasteiger partial charge in [-0.1, -0.05) is 54.6 Å². The Labute approximate surface area is 112 Å². The van der Waals surface area contributed by atoms with Gasteiger partial charge in [-0.3, -0.25) is 4.79 Å². The fourth-order valence-electron chi connectivity index (χ4n) is 1.34. The standard InChI is InChI=1S/C14H12O.C2H4O2/c15-14-10-8-13(9-11-14)7-6-12-4-2-1-3-5-12;1-2(3)4/h1-11,15H;1H3,(H,3,4)/b7-6+;. The van der Waals surface area contributed by atoms with Crippen molar-refractivity contribution in [2.24, 2.45) is 0 Å².